The van der Waals surface area contributed by atoms with Crippen LogP contribution in [0, 0.1) is 5.92 Å². The van der Waals surface area contributed by atoms with Gasteiger partial charge in [0.15, 0.2) is 0 Å². The van der Waals surface area contributed by atoms with Crippen LogP contribution in [0.5, 0.6) is 0 Å². The summed E-state index contributed by atoms with van der Waals surface area (Å²) in [4.78, 5) is 31.3. The molecule has 0 radical (unpaired) electrons. The number of hydrogen-bond donors (Lipinski definition) is 1. The molecule has 126 valence electrons. The summed E-state index contributed by atoms with van der Waals surface area (Å²) >= 11 is 1.62. The highest BCUT2D eigenvalue weighted by Crippen LogP contribution is 2.18. The van der Waals surface area contributed by atoms with Crippen LogP contribution in [0.25, 0.3) is 0 Å². The van der Waals surface area contributed by atoms with E-state index in [9.17, 15) is 9.59 Å². The van der Waals surface area contributed by atoms with Crippen LogP contribution in [0.3, 0.4) is 0 Å². The lowest BCUT2D eigenvalue weighted by Crippen LogP contribution is -2.42. The Morgan fingerprint density at radius 2 is 2.08 bits per heavy atom. The fourth-order valence-electron chi connectivity index (χ4n) is 2.90. The van der Waals surface area contributed by atoms with Gasteiger partial charge < -0.3 is 10.2 Å². The maximum atomic E-state index is 12.3. The summed E-state index contributed by atoms with van der Waals surface area (Å²) in [5, 5.41) is 4.97. The number of carbonyl (C=O) groups is 2. The summed E-state index contributed by atoms with van der Waals surface area (Å²) in [6.45, 7) is 2.20. The molecule has 0 atom stereocenters. The zero-order valence-corrected chi connectivity index (χ0v) is 14.3. The Labute approximate surface area is 145 Å². The molecule has 1 aliphatic rings. The number of nitrogens with one attached hydrogen (secondary N) is 1. The number of hydrogen-bond acceptors (Lipinski definition) is 4. The van der Waals surface area contributed by atoms with Gasteiger partial charge in [0, 0.05) is 36.9 Å². The lowest BCUT2D eigenvalue weighted by molar-refractivity contribution is -0.131. The molecule has 3 rings (SSSR count). The van der Waals surface area contributed by atoms with Crippen LogP contribution in [0.2, 0.25) is 0 Å². The van der Waals surface area contributed by atoms with Crippen LogP contribution in [0.1, 0.15) is 28.1 Å². The molecule has 1 saturated heterocycles. The third-order valence-corrected chi connectivity index (χ3v) is 5.22. The van der Waals surface area contributed by atoms with Gasteiger partial charge in [-0.05, 0) is 42.3 Å². The van der Waals surface area contributed by atoms with E-state index in [-0.39, 0.29) is 11.8 Å². The van der Waals surface area contributed by atoms with Crippen LogP contribution in [0.4, 0.5) is 0 Å². The fourth-order valence-corrected chi connectivity index (χ4v) is 3.59. The van der Waals surface area contributed by atoms with E-state index in [0.717, 1.165) is 30.8 Å². The van der Waals surface area contributed by atoms with Crippen LogP contribution >= 0.6 is 11.3 Å². The van der Waals surface area contributed by atoms with E-state index in [4.69, 9.17) is 0 Å². The van der Waals surface area contributed by atoms with Gasteiger partial charge in [-0.15, -0.1) is 11.3 Å². The number of nitrogens with zero attached hydrogens (tertiary/aromatic N) is 2. The monoisotopic (exact) mass is 343 g/mol. The Bertz CT molecular complexity index is 665. The minimum absolute atomic E-state index is 0.0840. The van der Waals surface area contributed by atoms with Crippen molar-refractivity contribution in [2.45, 2.75) is 19.3 Å². The van der Waals surface area contributed by atoms with E-state index in [1.165, 1.54) is 0 Å². The first-order valence-corrected chi connectivity index (χ1v) is 9.08. The number of likely N-dealkylation sites (tertiary alicyclic amines) is 1. The van der Waals surface area contributed by atoms with Gasteiger partial charge in [-0.2, -0.15) is 0 Å². The molecule has 0 saturated carbocycles. The van der Waals surface area contributed by atoms with E-state index >= 15 is 0 Å². The maximum Gasteiger partial charge on any atom is 0.252 e. The minimum atomic E-state index is -0.0840. The zero-order valence-electron chi connectivity index (χ0n) is 13.5. The second-order valence-electron chi connectivity index (χ2n) is 6.03. The van der Waals surface area contributed by atoms with Crippen molar-refractivity contribution in [3.8, 4) is 0 Å². The van der Waals surface area contributed by atoms with Crippen molar-refractivity contribution in [2.75, 3.05) is 19.6 Å². The van der Waals surface area contributed by atoms with Crippen molar-refractivity contribution in [3.63, 3.8) is 0 Å². The van der Waals surface area contributed by atoms with Crippen molar-refractivity contribution in [3.05, 3.63) is 52.5 Å². The van der Waals surface area contributed by atoms with Gasteiger partial charge in [0.2, 0.25) is 5.91 Å². The highest BCUT2D eigenvalue weighted by molar-refractivity contribution is 7.10. The molecule has 2 aromatic heterocycles. The molecular formula is C18H21N3O2S. The standard InChI is InChI=1S/C18H21N3O2S/c22-17(11-16-4-2-10-24-16)21-8-5-14(6-9-21)12-20-18(23)15-3-1-7-19-13-15/h1-4,7,10,13-14H,5-6,8-9,11-12H2,(H,20,23). The summed E-state index contributed by atoms with van der Waals surface area (Å²) in [7, 11) is 0. The summed E-state index contributed by atoms with van der Waals surface area (Å²) in [6, 6.07) is 7.49. The number of amides is 2. The number of piperidine rings is 1. The molecule has 0 aromatic carbocycles. The predicted molar refractivity (Wildman–Crippen MR) is 93.9 cm³/mol. The number of carbonyl (C=O) groups excluding carboxylic acids is 2. The largest absolute Gasteiger partial charge is 0.352 e. The Morgan fingerprint density at radius 1 is 1.25 bits per heavy atom. The van der Waals surface area contributed by atoms with E-state index in [0.29, 0.717) is 24.4 Å². The van der Waals surface area contributed by atoms with Crippen LogP contribution < -0.4 is 5.32 Å². The highest BCUT2D eigenvalue weighted by atomic mass is 32.1. The van der Waals surface area contributed by atoms with E-state index < -0.39 is 0 Å². The first-order chi connectivity index (χ1) is 11.7. The maximum absolute atomic E-state index is 12.3. The second kappa shape index (κ2) is 8.06. The molecule has 2 amide bonds. The topological polar surface area (TPSA) is 62.3 Å². The number of aromatic nitrogens is 1. The van der Waals surface area contributed by atoms with E-state index in [1.54, 1.807) is 35.9 Å². The average molecular weight is 343 g/mol. The normalized spacial score (nSPS) is 15.2. The third-order valence-electron chi connectivity index (χ3n) is 4.35. The lowest BCUT2D eigenvalue weighted by Gasteiger charge is -2.32. The molecule has 0 unspecified atom stereocenters. The van der Waals surface area contributed by atoms with E-state index in [2.05, 4.69) is 10.3 Å². The fraction of sp³-hybridized carbons (Fsp3) is 0.389. The smallest absolute Gasteiger partial charge is 0.252 e. The molecule has 1 fully saturated rings. The summed E-state index contributed by atoms with van der Waals surface area (Å²) in [5.41, 5.74) is 0.584. The van der Waals surface area contributed by atoms with Crippen LogP contribution in [-0.2, 0) is 11.2 Å². The number of thiophene rings is 1. The molecular weight excluding hydrogens is 322 g/mol. The Balaban J connectivity index is 1.40. The van der Waals surface area contributed by atoms with Gasteiger partial charge in [-0.3, -0.25) is 14.6 Å². The molecule has 1 aliphatic heterocycles. The molecule has 2 aromatic rings. The van der Waals surface area contributed by atoms with Crippen molar-refractivity contribution < 1.29 is 9.59 Å². The third kappa shape index (κ3) is 4.41. The zero-order chi connectivity index (χ0) is 16.8. The van der Waals surface area contributed by atoms with Crippen molar-refractivity contribution in [1.82, 2.24) is 15.2 Å². The van der Waals surface area contributed by atoms with Crippen molar-refractivity contribution >= 4 is 23.2 Å². The first-order valence-electron chi connectivity index (χ1n) is 8.21. The van der Waals surface area contributed by atoms with Gasteiger partial charge in [-0.25, -0.2) is 0 Å². The van der Waals surface area contributed by atoms with E-state index in [1.807, 2.05) is 22.4 Å². The van der Waals surface area contributed by atoms with Crippen LogP contribution in [0.15, 0.2) is 42.0 Å². The highest BCUT2D eigenvalue weighted by Gasteiger charge is 2.23. The lowest BCUT2D eigenvalue weighted by atomic mass is 9.96. The molecule has 3 heterocycles. The van der Waals surface area contributed by atoms with Gasteiger partial charge >= 0.3 is 0 Å². The van der Waals surface area contributed by atoms with Gasteiger partial charge in [0.25, 0.3) is 5.91 Å². The summed E-state index contributed by atoms with van der Waals surface area (Å²) in [5.74, 6) is 0.547. The van der Waals surface area contributed by atoms with Gasteiger partial charge in [-0.1, -0.05) is 6.07 Å². The number of pyridine rings is 1. The minimum Gasteiger partial charge on any atom is -0.352 e. The van der Waals surface area contributed by atoms with Gasteiger partial charge in [0.05, 0.1) is 12.0 Å². The van der Waals surface area contributed by atoms with Crippen molar-refractivity contribution in [1.29, 1.82) is 0 Å². The summed E-state index contributed by atoms with van der Waals surface area (Å²) in [6.07, 6.45) is 5.59. The molecule has 0 bridgehead atoms. The number of rotatable bonds is 5. The molecule has 24 heavy (non-hydrogen) atoms. The second-order valence-corrected chi connectivity index (χ2v) is 7.06. The molecule has 6 heteroatoms. The Hall–Kier alpha value is -2.21. The summed E-state index contributed by atoms with van der Waals surface area (Å²) < 4.78 is 0. The predicted octanol–water partition coefficient (Wildman–Crippen LogP) is 2.35. The average Bonchev–Trinajstić information content (AvgIpc) is 3.14. The van der Waals surface area contributed by atoms with Crippen molar-refractivity contribution in [2.24, 2.45) is 5.92 Å². The first kappa shape index (κ1) is 16.6. The van der Waals surface area contributed by atoms with Crippen LogP contribution in [-0.4, -0.2) is 41.3 Å². The Morgan fingerprint density at radius 3 is 2.75 bits per heavy atom. The molecule has 0 spiro atoms. The molecule has 5 nitrogen and oxygen atoms in total. The van der Waals surface area contributed by atoms with Gasteiger partial charge in [0.1, 0.15) is 0 Å². The quantitative estimate of drug-likeness (QED) is 0.906. The molecule has 1 N–H and O–H groups in total. The SMILES string of the molecule is O=C(NCC1CCN(C(=O)Cc2cccs2)CC1)c1cccnc1. The Kier molecular flexibility index (Phi) is 5.59. The molecule has 0 aliphatic carbocycles.